The van der Waals surface area contributed by atoms with Gasteiger partial charge in [0.1, 0.15) is 12.4 Å². The van der Waals surface area contributed by atoms with Crippen LogP contribution in [0.3, 0.4) is 0 Å². The average Bonchev–Trinajstić information content (AvgIpc) is 2.71. The summed E-state index contributed by atoms with van der Waals surface area (Å²) in [5.41, 5.74) is -0.880. The van der Waals surface area contributed by atoms with Crippen molar-refractivity contribution in [2.24, 2.45) is 0 Å². The summed E-state index contributed by atoms with van der Waals surface area (Å²) in [5, 5.41) is 2.89. The second kappa shape index (κ2) is 6.96. The van der Waals surface area contributed by atoms with Crippen molar-refractivity contribution in [3.8, 4) is 0 Å². The zero-order valence-corrected chi connectivity index (χ0v) is 13.4. The van der Waals surface area contributed by atoms with Crippen LogP contribution in [0.5, 0.6) is 0 Å². The Labute approximate surface area is 131 Å². The number of nitrogens with one attached hydrogen (secondary N) is 1. The number of halogens is 2. The van der Waals surface area contributed by atoms with Gasteiger partial charge in [0, 0.05) is 23.2 Å². The van der Waals surface area contributed by atoms with E-state index in [0.29, 0.717) is 4.57 Å². The number of ether oxygens (including phenoxy) is 1. The third-order valence-corrected chi connectivity index (χ3v) is 3.44. The predicted octanol–water partition coefficient (Wildman–Crippen LogP) is 1.65. The van der Waals surface area contributed by atoms with Crippen LogP contribution in [-0.4, -0.2) is 39.1 Å². The highest BCUT2D eigenvalue weighted by Crippen LogP contribution is 2.42. The van der Waals surface area contributed by atoms with Gasteiger partial charge in [-0.15, -0.1) is 9.42 Å². The van der Waals surface area contributed by atoms with Crippen LogP contribution in [0.1, 0.15) is 26.5 Å². The number of rotatable bonds is 6. The van der Waals surface area contributed by atoms with E-state index in [9.17, 15) is 18.1 Å². The smallest absolute Gasteiger partial charge is 0.368 e. The van der Waals surface area contributed by atoms with E-state index in [1.807, 2.05) is 13.8 Å². The van der Waals surface area contributed by atoms with Crippen molar-refractivity contribution >= 4 is 14.1 Å². The Kier molecular flexibility index (Phi) is 5.41. The highest BCUT2D eigenvalue weighted by Gasteiger charge is 2.52. The molecule has 1 aliphatic heterocycles. The number of nitrogens with zero attached hydrogens (tertiary/aromatic N) is 2. The molecule has 2 N–H and O–H groups in total. The van der Waals surface area contributed by atoms with Crippen LogP contribution >= 0.6 is 8.25 Å². The molecular weight excluding hydrogens is 335 g/mol. The first-order valence-corrected chi connectivity index (χ1v) is 8.00. The number of anilines is 1. The summed E-state index contributed by atoms with van der Waals surface area (Å²) >= 11 is 0. The van der Waals surface area contributed by atoms with Crippen LogP contribution in [-0.2, 0) is 13.8 Å². The first-order chi connectivity index (χ1) is 10.7. The molecule has 11 heteroatoms. The van der Waals surface area contributed by atoms with E-state index in [0.717, 1.165) is 0 Å². The summed E-state index contributed by atoms with van der Waals surface area (Å²) in [6, 6.07) is 1.43. The number of hydrogen-bond donors (Lipinski definition) is 2. The zero-order chi connectivity index (χ0) is 17.2. The van der Waals surface area contributed by atoms with Gasteiger partial charge in [0.2, 0.25) is 6.23 Å². The SMILES string of the molecule is CC(C)Nc1ccn([C@@H]2O[C@H](CO[P+](=O)O)CC2(F)F)c(=O)n1. The molecule has 1 saturated heterocycles. The topological polar surface area (TPSA) is 103 Å². The zero-order valence-electron chi connectivity index (χ0n) is 12.5. The molecule has 128 valence electrons. The van der Waals surface area contributed by atoms with Gasteiger partial charge in [-0.25, -0.2) is 13.6 Å². The van der Waals surface area contributed by atoms with Gasteiger partial charge >= 0.3 is 13.9 Å². The minimum atomic E-state index is -3.33. The van der Waals surface area contributed by atoms with E-state index in [1.165, 1.54) is 12.3 Å². The number of hydrogen-bond acceptors (Lipinski definition) is 6. The van der Waals surface area contributed by atoms with Gasteiger partial charge in [-0.1, -0.05) is 0 Å². The molecule has 23 heavy (non-hydrogen) atoms. The van der Waals surface area contributed by atoms with Gasteiger partial charge in [0.25, 0.3) is 5.92 Å². The molecule has 0 saturated carbocycles. The minimum Gasteiger partial charge on any atom is -0.368 e. The molecule has 0 bridgehead atoms. The highest BCUT2D eigenvalue weighted by molar-refractivity contribution is 7.32. The summed E-state index contributed by atoms with van der Waals surface area (Å²) in [4.78, 5) is 24.2. The van der Waals surface area contributed by atoms with Crippen molar-refractivity contribution < 1.29 is 27.5 Å². The van der Waals surface area contributed by atoms with Crippen LogP contribution in [0.25, 0.3) is 0 Å². The van der Waals surface area contributed by atoms with Gasteiger partial charge in [0.05, 0.1) is 6.10 Å². The molecule has 2 rings (SSSR count). The maximum Gasteiger partial charge on any atom is 0.694 e. The predicted molar refractivity (Wildman–Crippen MR) is 76.5 cm³/mol. The van der Waals surface area contributed by atoms with Gasteiger partial charge in [-0.2, -0.15) is 4.98 Å². The molecule has 1 fully saturated rings. The van der Waals surface area contributed by atoms with E-state index >= 15 is 0 Å². The Hall–Kier alpha value is -1.48. The molecule has 1 aromatic rings. The molecule has 1 aromatic heterocycles. The lowest BCUT2D eigenvalue weighted by Crippen LogP contribution is -2.35. The van der Waals surface area contributed by atoms with E-state index in [1.54, 1.807) is 0 Å². The van der Waals surface area contributed by atoms with E-state index < -0.39 is 45.2 Å². The largest absolute Gasteiger partial charge is 0.694 e. The van der Waals surface area contributed by atoms with Crippen LogP contribution in [0.4, 0.5) is 14.6 Å². The average molecular weight is 352 g/mol. The molecule has 1 unspecified atom stereocenters. The normalized spacial score (nSPS) is 24.0. The monoisotopic (exact) mass is 352 g/mol. The Morgan fingerprint density at radius 1 is 1.65 bits per heavy atom. The van der Waals surface area contributed by atoms with E-state index in [4.69, 9.17) is 9.63 Å². The third-order valence-electron chi connectivity index (χ3n) is 3.07. The second-order valence-corrected chi connectivity index (χ2v) is 6.14. The highest BCUT2D eigenvalue weighted by atomic mass is 31.1. The Morgan fingerprint density at radius 3 is 2.91 bits per heavy atom. The number of aromatic nitrogens is 2. The van der Waals surface area contributed by atoms with E-state index in [-0.39, 0.29) is 11.9 Å². The summed E-state index contributed by atoms with van der Waals surface area (Å²) in [7, 11) is -2.90. The fourth-order valence-electron chi connectivity index (χ4n) is 2.22. The van der Waals surface area contributed by atoms with E-state index in [2.05, 4.69) is 14.8 Å². The van der Waals surface area contributed by atoms with Gasteiger partial charge in [-0.05, 0) is 19.9 Å². The molecular formula is C12H17F2N3O5P+. The molecule has 1 aliphatic rings. The van der Waals surface area contributed by atoms with Crippen molar-refractivity contribution in [1.82, 2.24) is 9.55 Å². The molecule has 3 atom stereocenters. The second-order valence-electron chi connectivity index (χ2n) is 5.41. The lowest BCUT2D eigenvalue weighted by atomic mass is 10.2. The molecule has 2 heterocycles. The lowest BCUT2D eigenvalue weighted by molar-refractivity contribution is -0.119. The van der Waals surface area contributed by atoms with Crippen molar-refractivity contribution in [1.29, 1.82) is 0 Å². The summed E-state index contributed by atoms with van der Waals surface area (Å²) in [5.74, 6) is -3.05. The fraction of sp³-hybridized carbons (Fsp3) is 0.667. The third kappa shape index (κ3) is 4.51. The molecule has 0 amide bonds. The lowest BCUT2D eigenvalue weighted by Gasteiger charge is -2.20. The Balaban J connectivity index is 2.17. The fourth-order valence-corrected chi connectivity index (χ4v) is 2.51. The first-order valence-electron chi connectivity index (χ1n) is 6.87. The maximum absolute atomic E-state index is 14.0. The van der Waals surface area contributed by atoms with Gasteiger partial charge < -0.3 is 10.1 Å². The van der Waals surface area contributed by atoms with Crippen LogP contribution in [0.2, 0.25) is 0 Å². The quantitative estimate of drug-likeness (QED) is 0.751. The standard InChI is InChI=1S/C12H16F2N3O5P/c1-7(2)15-9-3-4-17(11(18)16-9)10-12(13,14)5-8(22-10)6-21-23(19)20/h3-4,7-8,10H,5-6H2,1-2H3,(H-,15,16,18,19,20)/p+1/t8-,10+/m0/s1. The maximum atomic E-state index is 14.0. The van der Waals surface area contributed by atoms with Crippen LogP contribution in [0, 0.1) is 0 Å². The summed E-state index contributed by atoms with van der Waals surface area (Å²) in [6.07, 6.45) is -2.48. The molecule has 0 aromatic carbocycles. The van der Waals surface area contributed by atoms with Crippen molar-refractivity contribution in [3.05, 3.63) is 22.7 Å². The minimum absolute atomic E-state index is 0.0314. The van der Waals surface area contributed by atoms with Crippen LogP contribution < -0.4 is 11.0 Å². The molecule has 0 radical (unpaired) electrons. The van der Waals surface area contributed by atoms with Crippen molar-refractivity contribution in [2.75, 3.05) is 11.9 Å². The van der Waals surface area contributed by atoms with Crippen molar-refractivity contribution in [2.45, 2.75) is 44.6 Å². The van der Waals surface area contributed by atoms with Crippen LogP contribution in [0.15, 0.2) is 17.1 Å². The van der Waals surface area contributed by atoms with Gasteiger partial charge in [-0.3, -0.25) is 4.57 Å². The Bertz CT molecular complexity index is 639. The van der Waals surface area contributed by atoms with Crippen molar-refractivity contribution in [3.63, 3.8) is 0 Å². The summed E-state index contributed by atoms with van der Waals surface area (Å²) < 4.78 is 48.7. The molecule has 0 aliphatic carbocycles. The number of alkyl halides is 2. The van der Waals surface area contributed by atoms with Gasteiger partial charge in [0.15, 0.2) is 0 Å². The first kappa shape index (κ1) is 17.9. The summed E-state index contributed by atoms with van der Waals surface area (Å²) in [6.45, 7) is 3.23. The Morgan fingerprint density at radius 2 is 2.35 bits per heavy atom. The molecule has 0 spiro atoms. The molecule has 8 nitrogen and oxygen atoms in total.